The number of amides is 2. The van der Waals surface area contributed by atoms with Crippen molar-refractivity contribution in [2.24, 2.45) is 5.41 Å². The van der Waals surface area contributed by atoms with Crippen LogP contribution in [0.1, 0.15) is 51.0 Å². The second-order valence-electron chi connectivity index (χ2n) is 8.57. The molecule has 29 heavy (non-hydrogen) atoms. The first-order chi connectivity index (χ1) is 13.8. The van der Waals surface area contributed by atoms with Gasteiger partial charge in [-0.15, -0.1) is 0 Å². The van der Waals surface area contributed by atoms with E-state index in [-0.39, 0.29) is 29.4 Å². The first-order valence-electron chi connectivity index (χ1n) is 10.2. The number of rotatable bonds is 5. The molecular formula is C23H30N2O3S. The molecule has 156 valence electrons. The highest BCUT2D eigenvalue weighted by Gasteiger charge is 2.38. The molecule has 5 nitrogen and oxygen atoms in total. The predicted octanol–water partition coefficient (Wildman–Crippen LogP) is 3.77. The Bertz CT molecular complexity index is 814. The summed E-state index contributed by atoms with van der Waals surface area (Å²) in [5, 5.41) is 11.8. The Morgan fingerprint density at radius 1 is 1.28 bits per heavy atom. The summed E-state index contributed by atoms with van der Waals surface area (Å²) in [5.74, 6) is 0.417. The molecule has 1 fully saturated rings. The van der Waals surface area contributed by atoms with Crippen molar-refractivity contribution in [2.75, 3.05) is 13.1 Å². The van der Waals surface area contributed by atoms with Crippen molar-refractivity contribution in [3.8, 4) is 5.75 Å². The molecule has 1 aromatic carbocycles. The van der Waals surface area contributed by atoms with Crippen LogP contribution < -0.4 is 5.32 Å². The van der Waals surface area contributed by atoms with Crippen molar-refractivity contribution in [3.05, 3.63) is 53.6 Å². The van der Waals surface area contributed by atoms with Crippen LogP contribution >= 0.6 is 12.6 Å². The molecule has 1 heterocycles. The summed E-state index contributed by atoms with van der Waals surface area (Å²) in [6.07, 6.45) is 8.56. The van der Waals surface area contributed by atoms with Gasteiger partial charge in [-0.2, -0.15) is 12.6 Å². The minimum absolute atomic E-state index is 0.00990. The number of hydrogen-bond acceptors (Lipinski definition) is 4. The molecular weight excluding hydrogens is 384 g/mol. The van der Waals surface area contributed by atoms with Crippen LogP contribution in [-0.4, -0.2) is 40.3 Å². The number of nitrogens with one attached hydrogen (secondary N) is 1. The summed E-state index contributed by atoms with van der Waals surface area (Å²) in [6.45, 7) is 5.67. The maximum absolute atomic E-state index is 12.8. The normalized spacial score (nSPS) is 22.0. The van der Waals surface area contributed by atoms with Crippen LogP contribution in [0.4, 0.5) is 0 Å². The average molecular weight is 415 g/mol. The summed E-state index contributed by atoms with van der Waals surface area (Å²) in [4.78, 5) is 27.0. The molecule has 1 aliphatic carbocycles. The fourth-order valence-corrected chi connectivity index (χ4v) is 4.53. The molecule has 2 amide bonds. The van der Waals surface area contributed by atoms with Crippen molar-refractivity contribution < 1.29 is 14.7 Å². The Morgan fingerprint density at radius 3 is 2.62 bits per heavy atom. The number of thiol groups is 1. The van der Waals surface area contributed by atoms with E-state index in [2.05, 4.69) is 31.8 Å². The van der Waals surface area contributed by atoms with Gasteiger partial charge in [0.25, 0.3) is 5.91 Å². The van der Waals surface area contributed by atoms with Crippen LogP contribution in [0.2, 0.25) is 0 Å². The van der Waals surface area contributed by atoms with Crippen molar-refractivity contribution >= 4 is 24.4 Å². The van der Waals surface area contributed by atoms with Gasteiger partial charge in [0.2, 0.25) is 5.91 Å². The molecule has 1 aliphatic heterocycles. The molecule has 2 N–H and O–H groups in total. The van der Waals surface area contributed by atoms with E-state index in [4.69, 9.17) is 0 Å². The van der Waals surface area contributed by atoms with Crippen molar-refractivity contribution in [1.82, 2.24) is 10.2 Å². The molecule has 0 bridgehead atoms. The number of benzene rings is 1. The number of carbonyl (C=O) groups excluding carboxylic acids is 2. The van der Waals surface area contributed by atoms with Crippen LogP contribution in [-0.2, 0) is 9.59 Å². The molecule has 2 aliphatic rings. The van der Waals surface area contributed by atoms with Gasteiger partial charge in [-0.05, 0) is 48.3 Å². The lowest BCUT2D eigenvalue weighted by Gasteiger charge is -2.45. The highest BCUT2D eigenvalue weighted by Crippen LogP contribution is 2.42. The van der Waals surface area contributed by atoms with Crippen molar-refractivity contribution in [2.45, 2.75) is 50.8 Å². The van der Waals surface area contributed by atoms with E-state index in [9.17, 15) is 14.7 Å². The zero-order chi connectivity index (χ0) is 21.0. The van der Waals surface area contributed by atoms with Gasteiger partial charge in [-0.25, -0.2) is 0 Å². The number of carbonyl (C=O) groups is 2. The Labute approximate surface area is 178 Å². The number of nitrogens with zero attached hydrogens (tertiary/aromatic N) is 1. The van der Waals surface area contributed by atoms with Crippen molar-refractivity contribution in [3.63, 3.8) is 0 Å². The fraction of sp³-hybridized carbons (Fsp3) is 0.478. The third-order valence-corrected chi connectivity index (χ3v) is 6.11. The van der Waals surface area contributed by atoms with Crippen LogP contribution in [0.25, 0.3) is 0 Å². The van der Waals surface area contributed by atoms with Crippen LogP contribution in [0, 0.1) is 5.41 Å². The summed E-state index contributed by atoms with van der Waals surface area (Å²) in [7, 11) is 0. The van der Waals surface area contributed by atoms with Gasteiger partial charge in [-0.1, -0.05) is 44.2 Å². The van der Waals surface area contributed by atoms with E-state index < -0.39 is 5.37 Å². The zero-order valence-electron chi connectivity index (χ0n) is 17.1. The number of allylic oxidation sites excluding steroid dienone is 2. The van der Waals surface area contributed by atoms with Crippen molar-refractivity contribution in [1.29, 1.82) is 0 Å². The standard InChI is InChI=1S/C23H30N2O3S/c1-23(2)15-25(13-12-19(23)16-8-10-18(26)11-9-16)21(27)14-20(29)24-22(28)17-6-4-3-5-7-17/h4,6-11,19-20,26,29H,3,5,12-15H2,1-2H3,(H,24,28). The van der Waals surface area contributed by atoms with Gasteiger partial charge in [0.1, 0.15) is 5.75 Å². The van der Waals surface area contributed by atoms with E-state index in [1.54, 1.807) is 12.1 Å². The maximum Gasteiger partial charge on any atom is 0.251 e. The second kappa shape index (κ2) is 9.08. The first kappa shape index (κ1) is 21.5. The van der Waals surface area contributed by atoms with E-state index in [1.165, 1.54) is 5.56 Å². The number of hydrogen-bond donors (Lipinski definition) is 3. The predicted molar refractivity (Wildman–Crippen MR) is 118 cm³/mol. The van der Waals surface area contributed by atoms with Crippen LogP contribution in [0.5, 0.6) is 5.75 Å². The number of phenols is 1. The lowest BCUT2D eigenvalue weighted by atomic mass is 9.70. The zero-order valence-corrected chi connectivity index (χ0v) is 18.0. The maximum atomic E-state index is 12.8. The van der Waals surface area contributed by atoms with Gasteiger partial charge in [0.05, 0.1) is 11.8 Å². The van der Waals surface area contributed by atoms with E-state index in [0.717, 1.165) is 19.3 Å². The van der Waals surface area contributed by atoms with Gasteiger partial charge >= 0.3 is 0 Å². The highest BCUT2D eigenvalue weighted by atomic mass is 32.1. The smallest absolute Gasteiger partial charge is 0.251 e. The largest absolute Gasteiger partial charge is 0.508 e. The molecule has 1 saturated heterocycles. The molecule has 6 heteroatoms. The number of phenolic OH excluding ortho intramolecular Hbond substituents is 1. The molecule has 0 aromatic heterocycles. The van der Waals surface area contributed by atoms with E-state index in [1.807, 2.05) is 35.3 Å². The van der Waals surface area contributed by atoms with E-state index >= 15 is 0 Å². The Hall–Kier alpha value is -2.21. The third kappa shape index (κ3) is 5.44. The summed E-state index contributed by atoms with van der Waals surface area (Å²) < 4.78 is 0. The van der Waals surface area contributed by atoms with Crippen LogP contribution in [0.15, 0.2) is 48.1 Å². The van der Waals surface area contributed by atoms with E-state index in [0.29, 0.717) is 24.6 Å². The average Bonchev–Trinajstić information content (AvgIpc) is 2.68. The van der Waals surface area contributed by atoms with Gasteiger partial charge in [-0.3, -0.25) is 9.59 Å². The minimum Gasteiger partial charge on any atom is -0.508 e. The van der Waals surface area contributed by atoms with Gasteiger partial charge in [0, 0.05) is 18.7 Å². The topological polar surface area (TPSA) is 69.6 Å². The van der Waals surface area contributed by atoms with Gasteiger partial charge < -0.3 is 15.3 Å². The Kier molecular flexibility index (Phi) is 6.73. The summed E-state index contributed by atoms with van der Waals surface area (Å²) in [5.41, 5.74) is 1.74. The monoisotopic (exact) mass is 414 g/mol. The lowest BCUT2D eigenvalue weighted by molar-refractivity contribution is -0.134. The van der Waals surface area contributed by atoms with Gasteiger partial charge in [0.15, 0.2) is 0 Å². The molecule has 2 atom stereocenters. The SMILES string of the molecule is CC1(C)CN(C(=O)CC(S)NC(=O)C2=CCCC=C2)CCC1c1ccc(O)cc1. The number of aromatic hydroxyl groups is 1. The lowest BCUT2D eigenvalue weighted by Crippen LogP contribution is -2.48. The minimum atomic E-state index is -0.510. The number of likely N-dealkylation sites (tertiary alicyclic amines) is 1. The first-order valence-corrected chi connectivity index (χ1v) is 10.7. The summed E-state index contributed by atoms with van der Waals surface area (Å²) in [6, 6.07) is 7.36. The molecule has 0 radical (unpaired) electrons. The molecule has 2 unspecified atom stereocenters. The molecule has 1 aromatic rings. The quantitative estimate of drug-likeness (QED) is 0.507. The molecule has 0 saturated carbocycles. The Balaban J connectivity index is 1.55. The Morgan fingerprint density at radius 2 is 2.00 bits per heavy atom. The molecule has 0 spiro atoms. The molecule has 3 rings (SSSR count). The third-order valence-electron chi connectivity index (χ3n) is 5.80. The highest BCUT2D eigenvalue weighted by molar-refractivity contribution is 7.81. The fourth-order valence-electron chi connectivity index (χ4n) is 4.26. The second-order valence-corrected chi connectivity index (χ2v) is 9.19. The number of piperidine rings is 1. The summed E-state index contributed by atoms with van der Waals surface area (Å²) >= 11 is 4.42. The van der Waals surface area contributed by atoms with Crippen LogP contribution in [0.3, 0.4) is 0 Å².